The van der Waals surface area contributed by atoms with Gasteiger partial charge in [0.25, 0.3) is 0 Å². The van der Waals surface area contributed by atoms with E-state index in [2.05, 4.69) is 13.2 Å². The Hall–Kier alpha value is -0.640. The number of hydrogen-bond acceptors (Lipinski definition) is 3. The number of rotatable bonds is 12. The van der Waals surface area contributed by atoms with Crippen LogP contribution in [0.4, 0.5) is 0 Å². The lowest BCUT2D eigenvalue weighted by atomic mass is 10.3. The first-order valence-corrected chi connectivity index (χ1v) is 5.86. The quantitative estimate of drug-likeness (QED) is 0.411. The Morgan fingerprint density at radius 3 is 1.75 bits per heavy atom. The summed E-state index contributed by atoms with van der Waals surface area (Å²) in [7, 11) is 0. The zero-order valence-corrected chi connectivity index (χ0v) is 10.1. The summed E-state index contributed by atoms with van der Waals surface area (Å²) in [6.07, 6.45) is 7.02. The van der Waals surface area contributed by atoms with Crippen LogP contribution in [0.2, 0.25) is 0 Å². The highest BCUT2D eigenvalue weighted by Gasteiger charge is 2.03. The van der Waals surface area contributed by atoms with Gasteiger partial charge in [-0.25, -0.2) is 0 Å². The molecule has 0 aliphatic rings. The number of aliphatic hydroxyl groups excluding tert-OH is 1. The minimum atomic E-state index is -0.521. The van der Waals surface area contributed by atoms with Crippen molar-refractivity contribution in [1.29, 1.82) is 0 Å². The SMILES string of the molecule is C=CCCCOCC(O)COCCCC=C. The fourth-order valence-corrected chi connectivity index (χ4v) is 1.15. The molecule has 0 fully saturated rings. The molecule has 16 heavy (non-hydrogen) atoms. The molecule has 0 unspecified atom stereocenters. The van der Waals surface area contributed by atoms with E-state index in [9.17, 15) is 5.11 Å². The molecule has 0 saturated carbocycles. The highest BCUT2D eigenvalue weighted by molar-refractivity contribution is 4.66. The standard InChI is InChI=1S/C13H24O3/c1-3-5-7-9-15-11-13(14)12-16-10-8-6-4-2/h3-4,13-14H,1-2,5-12H2. The van der Waals surface area contributed by atoms with E-state index in [0.29, 0.717) is 26.4 Å². The second kappa shape index (κ2) is 12.4. The molecule has 0 aliphatic carbocycles. The Morgan fingerprint density at radius 2 is 1.38 bits per heavy atom. The monoisotopic (exact) mass is 228 g/mol. The van der Waals surface area contributed by atoms with E-state index in [-0.39, 0.29) is 0 Å². The number of hydrogen-bond donors (Lipinski definition) is 1. The summed E-state index contributed by atoms with van der Waals surface area (Å²) >= 11 is 0. The van der Waals surface area contributed by atoms with Crippen molar-refractivity contribution in [3.05, 3.63) is 25.3 Å². The van der Waals surface area contributed by atoms with Gasteiger partial charge in [-0.1, -0.05) is 12.2 Å². The van der Waals surface area contributed by atoms with E-state index in [1.807, 2.05) is 12.2 Å². The Labute approximate surface area is 98.8 Å². The summed E-state index contributed by atoms with van der Waals surface area (Å²) in [5, 5.41) is 9.47. The summed E-state index contributed by atoms with van der Waals surface area (Å²) in [5.41, 5.74) is 0. The molecule has 0 aromatic carbocycles. The second-order valence-corrected chi connectivity index (χ2v) is 3.67. The normalized spacial score (nSPS) is 10.6. The maximum Gasteiger partial charge on any atom is 0.101 e. The predicted octanol–water partition coefficient (Wildman–Crippen LogP) is 2.31. The van der Waals surface area contributed by atoms with Crippen molar-refractivity contribution < 1.29 is 14.6 Å². The molecule has 0 heterocycles. The van der Waals surface area contributed by atoms with Crippen LogP contribution < -0.4 is 0 Å². The lowest BCUT2D eigenvalue weighted by molar-refractivity contribution is -0.0193. The number of allylic oxidation sites excluding steroid dienone is 2. The van der Waals surface area contributed by atoms with E-state index in [4.69, 9.17) is 9.47 Å². The zero-order valence-electron chi connectivity index (χ0n) is 10.1. The Morgan fingerprint density at radius 1 is 0.938 bits per heavy atom. The van der Waals surface area contributed by atoms with Crippen molar-refractivity contribution in [2.75, 3.05) is 26.4 Å². The van der Waals surface area contributed by atoms with Crippen LogP contribution >= 0.6 is 0 Å². The molecule has 0 radical (unpaired) electrons. The molecular weight excluding hydrogens is 204 g/mol. The van der Waals surface area contributed by atoms with Crippen LogP contribution in [0, 0.1) is 0 Å². The smallest absolute Gasteiger partial charge is 0.101 e. The lowest BCUT2D eigenvalue weighted by Crippen LogP contribution is -2.22. The van der Waals surface area contributed by atoms with Gasteiger partial charge >= 0.3 is 0 Å². The van der Waals surface area contributed by atoms with Crippen molar-refractivity contribution >= 4 is 0 Å². The van der Waals surface area contributed by atoms with Crippen LogP contribution in [0.1, 0.15) is 25.7 Å². The minimum Gasteiger partial charge on any atom is -0.388 e. The van der Waals surface area contributed by atoms with Crippen LogP contribution in [-0.4, -0.2) is 37.6 Å². The first-order chi connectivity index (χ1) is 7.81. The molecule has 0 bridgehead atoms. The van der Waals surface area contributed by atoms with E-state index in [0.717, 1.165) is 25.7 Å². The molecule has 0 aliphatic heterocycles. The third kappa shape index (κ3) is 11.4. The maximum absolute atomic E-state index is 9.47. The van der Waals surface area contributed by atoms with Gasteiger partial charge in [0.2, 0.25) is 0 Å². The molecule has 0 amide bonds. The Balaban J connectivity index is 3.14. The molecule has 0 atom stereocenters. The van der Waals surface area contributed by atoms with E-state index in [1.54, 1.807) is 0 Å². The van der Waals surface area contributed by atoms with Crippen molar-refractivity contribution in [1.82, 2.24) is 0 Å². The van der Waals surface area contributed by atoms with Crippen LogP contribution in [0.3, 0.4) is 0 Å². The minimum absolute atomic E-state index is 0.346. The van der Waals surface area contributed by atoms with Gasteiger partial charge < -0.3 is 14.6 Å². The summed E-state index contributed by atoms with van der Waals surface area (Å²) in [4.78, 5) is 0. The van der Waals surface area contributed by atoms with Crippen molar-refractivity contribution in [2.45, 2.75) is 31.8 Å². The first kappa shape index (κ1) is 15.4. The number of unbranched alkanes of at least 4 members (excludes halogenated alkanes) is 2. The van der Waals surface area contributed by atoms with E-state index in [1.165, 1.54) is 0 Å². The number of ether oxygens (including phenoxy) is 2. The molecule has 0 aromatic rings. The molecule has 0 rings (SSSR count). The highest BCUT2D eigenvalue weighted by atomic mass is 16.5. The van der Waals surface area contributed by atoms with Crippen molar-refractivity contribution in [3.8, 4) is 0 Å². The van der Waals surface area contributed by atoms with Gasteiger partial charge in [0, 0.05) is 13.2 Å². The van der Waals surface area contributed by atoms with Crippen LogP contribution in [0.15, 0.2) is 25.3 Å². The summed E-state index contributed by atoms with van der Waals surface area (Å²) in [5.74, 6) is 0. The maximum atomic E-state index is 9.47. The molecule has 0 saturated heterocycles. The van der Waals surface area contributed by atoms with E-state index >= 15 is 0 Å². The highest BCUT2D eigenvalue weighted by Crippen LogP contribution is 1.95. The van der Waals surface area contributed by atoms with Crippen LogP contribution in [0.5, 0.6) is 0 Å². The topological polar surface area (TPSA) is 38.7 Å². The van der Waals surface area contributed by atoms with Gasteiger partial charge in [-0.2, -0.15) is 0 Å². The molecule has 1 N–H and O–H groups in total. The van der Waals surface area contributed by atoms with Crippen LogP contribution in [-0.2, 0) is 9.47 Å². The van der Waals surface area contributed by atoms with Crippen molar-refractivity contribution in [2.24, 2.45) is 0 Å². The molecular formula is C13H24O3. The average molecular weight is 228 g/mol. The predicted molar refractivity (Wildman–Crippen MR) is 66.5 cm³/mol. The van der Waals surface area contributed by atoms with Gasteiger partial charge in [0.1, 0.15) is 6.10 Å². The van der Waals surface area contributed by atoms with Gasteiger partial charge in [0.05, 0.1) is 13.2 Å². The largest absolute Gasteiger partial charge is 0.388 e. The molecule has 3 nitrogen and oxygen atoms in total. The summed E-state index contributed by atoms with van der Waals surface area (Å²) < 4.78 is 10.6. The average Bonchev–Trinajstić information content (AvgIpc) is 2.28. The first-order valence-electron chi connectivity index (χ1n) is 5.86. The fraction of sp³-hybridized carbons (Fsp3) is 0.692. The molecule has 0 spiro atoms. The van der Waals surface area contributed by atoms with Crippen LogP contribution in [0.25, 0.3) is 0 Å². The van der Waals surface area contributed by atoms with Gasteiger partial charge in [-0.3, -0.25) is 0 Å². The van der Waals surface area contributed by atoms with Gasteiger partial charge in [-0.05, 0) is 25.7 Å². The Kier molecular flexibility index (Phi) is 11.9. The van der Waals surface area contributed by atoms with Gasteiger partial charge in [-0.15, -0.1) is 13.2 Å². The molecule has 3 heteroatoms. The number of aliphatic hydroxyl groups is 1. The molecule has 0 aromatic heterocycles. The lowest BCUT2D eigenvalue weighted by Gasteiger charge is -2.11. The summed E-state index contributed by atoms with van der Waals surface area (Å²) in [6, 6.07) is 0. The fourth-order valence-electron chi connectivity index (χ4n) is 1.15. The van der Waals surface area contributed by atoms with Crippen molar-refractivity contribution in [3.63, 3.8) is 0 Å². The second-order valence-electron chi connectivity index (χ2n) is 3.67. The zero-order chi connectivity index (χ0) is 12.1. The molecule has 94 valence electrons. The Bertz CT molecular complexity index is 151. The third-order valence-corrected chi connectivity index (χ3v) is 2.01. The summed E-state index contributed by atoms with van der Waals surface area (Å²) in [6.45, 7) is 9.28. The third-order valence-electron chi connectivity index (χ3n) is 2.01. The van der Waals surface area contributed by atoms with E-state index < -0.39 is 6.10 Å². The van der Waals surface area contributed by atoms with Gasteiger partial charge in [0.15, 0.2) is 0 Å².